The summed E-state index contributed by atoms with van der Waals surface area (Å²) >= 11 is 0. The SMILES string of the molecule is COC1C[C@H]2CC[C@@H](C1)N2C1CCNCC1. The minimum absolute atomic E-state index is 0.537. The highest BCUT2D eigenvalue weighted by atomic mass is 16.5. The van der Waals surface area contributed by atoms with Gasteiger partial charge in [-0.05, 0) is 51.6 Å². The Kier molecular flexibility index (Phi) is 3.18. The van der Waals surface area contributed by atoms with Crippen LogP contribution in [0.3, 0.4) is 0 Å². The van der Waals surface area contributed by atoms with Gasteiger partial charge in [0.15, 0.2) is 0 Å². The van der Waals surface area contributed by atoms with Gasteiger partial charge in [0.25, 0.3) is 0 Å². The third-order valence-corrected chi connectivity index (χ3v) is 4.81. The Balaban J connectivity index is 1.68. The number of piperidine rings is 2. The Morgan fingerprint density at radius 1 is 0.938 bits per heavy atom. The molecule has 0 saturated carbocycles. The van der Waals surface area contributed by atoms with E-state index in [9.17, 15) is 0 Å². The van der Waals surface area contributed by atoms with Crippen LogP contribution in [0.1, 0.15) is 38.5 Å². The van der Waals surface area contributed by atoms with Gasteiger partial charge in [0.2, 0.25) is 0 Å². The molecule has 3 nitrogen and oxygen atoms in total. The molecule has 3 heteroatoms. The van der Waals surface area contributed by atoms with E-state index in [2.05, 4.69) is 10.2 Å². The highest BCUT2D eigenvalue weighted by Gasteiger charge is 2.43. The van der Waals surface area contributed by atoms with Crippen molar-refractivity contribution in [2.75, 3.05) is 20.2 Å². The fraction of sp³-hybridized carbons (Fsp3) is 1.00. The topological polar surface area (TPSA) is 24.5 Å². The van der Waals surface area contributed by atoms with E-state index in [0.29, 0.717) is 6.10 Å². The third kappa shape index (κ3) is 1.89. The first kappa shape index (κ1) is 11.0. The van der Waals surface area contributed by atoms with E-state index < -0.39 is 0 Å². The average Bonchev–Trinajstić information content (AvgIpc) is 2.61. The van der Waals surface area contributed by atoms with Crippen molar-refractivity contribution in [3.05, 3.63) is 0 Å². The zero-order valence-electron chi connectivity index (χ0n) is 10.3. The van der Waals surface area contributed by atoms with E-state index in [4.69, 9.17) is 4.74 Å². The molecule has 1 N–H and O–H groups in total. The molecule has 3 atom stereocenters. The maximum absolute atomic E-state index is 5.57. The van der Waals surface area contributed by atoms with Gasteiger partial charge in [-0.25, -0.2) is 0 Å². The molecule has 16 heavy (non-hydrogen) atoms. The number of rotatable bonds is 2. The summed E-state index contributed by atoms with van der Waals surface area (Å²) in [5, 5.41) is 3.47. The van der Waals surface area contributed by atoms with Crippen molar-refractivity contribution in [1.29, 1.82) is 0 Å². The number of hydrogen-bond acceptors (Lipinski definition) is 3. The monoisotopic (exact) mass is 224 g/mol. The normalized spacial score (nSPS) is 41.4. The predicted molar refractivity (Wildman–Crippen MR) is 64.6 cm³/mol. The zero-order valence-corrected chi connectivity index (χ0v) is 10.3. The molecule has 0 amide bonds. The van der Waals surface area contributed by atoms with Gasteiger partial charge in [-0.2, -0.15) is 0 Å². The average molecular weight is 224 g/mol. The number of fused-ring (bicyclic) bond motifs is 2. The summed E-state index contributed by atoms with van der Waals surface area (Å²) in [4.78, 5) is 2.86. The Bertz CT molecular complexity index is 226. The minimum atomic E-state index is 0.537. The summed E-state index contributed by atoms with van der Waals surface area (Å²) in [5.41, 5.74) is 0. The van der Waals surface area contributed by atoms with E-state index in [1.54, 1.807) is 0 Å². The predicted octanol–water partition coefficient (Wildman–Crippen LogP) is 1.38. The van der Waals surface area contributed by atoms with Gasteiger partial charge in [0, 0.05) is 25.2 Å². The van der Waals surface area contributed by atoms with E-state index in [1.165, 1.54) is 51.6 Å². The molecule has 0 aromatic carbocycles. The largest absolute Gasteiger partial charge is 0.381 e. The summed E-state index contributed by atoms with van der Waals surface area (Å²) in [6, 6.07) is 2.51. The Morgan fingerprint density at radius 2 is 1.56 bits per heavy atom. The van der Waals surface area contributed by atoms with Crippen LogP contribution in [0.4, 0.5) is 0 Å². The minimum Gasteiger partial charge on any atom is -0.381 e. The van der Waals surface area contributed by atoms with Crippen molar-refractivity contribution in [2.45, 2.75) is 62.8 Å². The third-order valence-electron chi connectivity index (χ3n) is 4.81. The molecule has 3 aliphatic heterocycles. The highest BCUT2D eigenvalue weighted by Crippen LogP contribution is 2.39. The van der Waals surface area contributed by atoms with Crippen LogP contribution in [0.2, 0.25) is 0 Å². The van der Waals surface area contributed by atoms with Crippen LogP contribution in [0.25, 0.3) is 0 Å². The fourth-order valence-electron chi connectivity index (χ4n) is 4.06. The van der Waals surface area contributed by atoms with Crippen LogP contribution in [0.15, 0.2) is 0 Å². The van der Waals surface area contributed by atoms with Crippen molar-refractivity contribution >= 4 is 0 Å². The molecular weight excluding hydrogens is 200 g/mol. The lowest BCUT2D eigenvalue weighted by Gasteiger charge is -2.44. The number of nitrogens with one attached hydrogen (secondary N) is 1. The maximum atomic E-state index is 5.57. The Hall–Kier alpha value is -0.120. The number of methoxy groups -OCH3 is 1. The van der Waals surface area contributed by atoms with Crippen LogP contribution in [-0.4, -0.2) is 49.3 Å². The lowest BCUT2D eigenvalue weighted by Crippen LogP contribution is -2.53. The zero-order chi connectivity index (χ0) is 11.0. The Labute approximate surface area is 98.5 Å². The molecule has 0 spiro atoms. The fourth-order valence-corrected chi connectivity index (χ4v) is 4.06. The molecular formula is C13H24N2O. The first-order valence-corrected chi connectivity index (χ1v) is 6.89. The molecule has 0 aromatic heterocycles. The summed E-state index contributed by atoms with van der Waals surface area (Å²) < 4.78 is 5.57. The van der Waals surface area contributed by atoms with Gasteiger partial charge in [-0.1, -0.05) is 0 Å². The van der Waals surface area contributed by atoms with Gasteiger partial charge >= 0.3 is 0 Å². The molecule has 2 bridgehead atoms. The van der Waals surface area contributed by atoms with E-state index >= 15 is 0 Å². The van der Waals surface area contributed by atoms with Gasteiger partial charge in [0.05, 0.1) is 6.10 Å². The number of ether oxygens (including phenoxy) is 1. The lowest BCUT2D eigenvalue weighted by molar-refractivity contribution is -0.0180. The molecule has 3 fully saturated rings. The Morgan fingerprint density at radius 3 is 2.12 bits per heavy atom. The summed E-state index contributed by atoms with van der Waals surface area (Å²) in [5.74, 6) is 0. The van der Waals surface area contributed by atoms with Crippen molar-refractivity contribution < 1.29 is 4.74 Å². The molecule has 0 aliphatic carbocycles. The molecule has 0 aromatic rings. The second kappa shape index (κ2) is 4.63. The van der Waals surface area contributed by atoms with Gasteiger partial charge in [0.1, 0.15) is 0 Å². The van der Waals surface area contributed by atoms with Gasteiger partial charge in [-0.15, -0.1) is 0 Å². The van der Waals surface area contributed by atoms with Crippen molar-refractivity contribution in [1.82, 2.24) is 10.2 Å². The van der Waals surface area contributed by atoms with Gasteiger partial charge < -0.3 is 10.1 Å². The first-order valence-electron chi connectivity index (χ1n) is 6.89. The van der Waals surface area contributed by atoms with Gasteiger partial charge in [-0.3, -0.25) is 4.90 Å². The maximum Gasteiger partial charge on any atom is 0.0601 e. The molecule has 3 heterocycles. The molecule has 3 rings (SSSR count). The summed E-state index contributed by atoms with van der Waals surface area (Å²) in [6.07, 6.45) is 8.61. The summed E-state index contributed by atoms with van der Waals surface area (Å²) in [7, 11) is 1.88. The number of nitrogens with zero attached hydrogens (tertiary/aromatic N) is 1. The van der Waals surface area contributed by atoms with Crippen LogP contribution in [0.5, 0.6) is 0 Å². The molecule has 1 unspecified atom stereocenters. The van der Waals surface area contributed by atoms with Crippen LogP contribution in [0, 0.1) is 0 Å². The molecule has 3 aliphatic rings. The van der Waals surface area contributed by atoms with Crippen LogP contribution in [-0.2, 0) is 4.74 Å². The van der Waals surface area contributed by atoms with Crippen molar-refractivity contribution in [3.63, 3.8) is 0 Å². The smallest absolute Gasteiger partial charge is 0.0601 e. The first-order chi connectivity index (χ1) is 7.88. The van der Waals surface area contributed by atoms with E-state index in [1.807, 2.05) is 7.11 Å². The quantitative estimate of drug-likeness (QED) is 0.767. The molecule has 0 radical (unpaired) electrons. The standard InChI is InChI=1S/C13H24N2O/c1-16-13-8-11-2-3-12(9-13)15(11)10-4-6-14-7-5-10/h10-14H,2-9H2,1H3/t11-,12+,13?. The van der Waals surface area contributed by atoms with E-state index in [-0.39, 0.29) is 0 Å². The highest BCUT2D eigenvalue weighted by molar-refractivity contribution is 4.99. The molecule has 92 valence electrons. The summed E-state index contributed by atoms with van der Waals surface area (Å²) in [6.45, 7) is 2.43. The van der Waals surface area contributed by atoms with E-state index in [0.717, 1.165) is 18.1 Å². The van der Waals surface area contributed by atoms with Crippen molar-refractivity contribution in [2.24, 2.45) is 0 Å². The number of hydrogen-bond donors (Lipinski definition) is 1. The van der Waals surface area contributed by atoms with Crippen LogP contribution >= 0.6 is 0 Å². The van der Waals surface area contributed by atoms with Crippen molar-refractivity contribution in [3.8, 4) is 0 Å². The molecule has 3 saturated heterocycles. The lowest BCUT2D eigenvalue weighted by atomic mass is 9.94. The second-order valence-corrected chi connectivity index (χ2v) is 5.64. The second-order valence-electron chi connectivity index (χ2n) is 5.64. The van der Waals surface area contributed by atoms with Crippen LogP contribution < -0.4 is 5.32 Å².